The molecule has 1 aliphatic heterocycles. The molecule has 3 rings (SSSR count). The predicted molar refractivity (Wildman–Crippen MR) is 87.6 cm³/mol. The van der Waals surface area contributed by atoms with E-state index in [-0.39, 0.29) is 6.04 Å². The number of pyridine rings is 1. The van der Waals surface area contributed by atoms with Gasteiger partial charge in [-0.2, -0.15) is 0 Å². The normalized spacial score (nSPS) is 19.7. The molecule has 0 saturated carbocycles. The van der Waals surface area contributed by atoms with Gasteiger partial charge in [0.15, 0.2) is 0 Å². The molecule has 0 spiro atoms. The summed E-state index contributed by atoms with van der Waals surface area (Å²) < 4.78 is 0. The van der Waals surface area contributed by atoms with E-state index in [1.807, 2.05) is 13.1 Å². The number of anilines is 1. The fourth-order valence-electron chi connectivity index (χ4n) is 3.06. The summed E-state index contributed by atoms with van der Waals surface area (Å²) in [5.41, 5.74) is 8.48. The molecule has 3 nitrogen and oxygen atoms in total. The second-order valence-corrected chi connectivity index (χ2v) is 6.05. The Morgan fingerprint density at radius 1 is 1.24 bits per heavy atom. The van der Waals surface area contributed by atoms with Gasteiger partial charge in [-0.3, -0.25) is 0 Å². The molecular formula is C18H23N3. The minimum atomic E-state index is 0.187. The van der Waals surface area contributed by atoms with Crippen LogP contribution in [0.4, 0.5) is 5.82 Å². The monoisotopic (exact) mass is 281 g/mol. The Bertz CT molecular complexity index is 563. The van der Waals surface area contributed by atoms with E-state index in [0.717, 1.165) is 25.3 Å². The molecule has 2 N–H and O–H groups in total. The third-order valence-corrected chi connectivity index (χ3v) is 4.15. The van der Waals surface area contributed by atoms with Crippen LogP contribution in [0, 0.1) is 0 Å². The molecule has 0 bridgehead atoms. The largest absolute Gasteiger partial charge is 0.356 e. The van der Waals surface area contributed by atoms with Gasteiger partial charge in [0.1, 0.15) is 5.82 Å². The first-order valence-electron chi connectivity index (χ1n) is 7.73. The molecule has 0 amide bonds. The van der Waals surface area contributed by atoms with Gasteiger partial charge in [0, 0.05) is 31.2 Å². The van der Waals surface area contributed by atoms with Crippen LogP contribution in [0.15, 0.2) is 48.7 Å². The van der Waals surface area contributed by atoms with Crippen LogP contribution in [0.3, 0.4) is 0 Å². The van der Waals surface area contributed by atoms with Crippen molar-refractivity contribution in [2.45, 2.75) is 31.7 Å². The first-order valence-corrected chi connectivity index (χ1v) is 7.73. The van der Waals surface area contributed by atoms with Crippen molar-refractivity contribution in [2.75, 3.05) is 18.0 Å². The number of aromatic nitrogens is 1. The zero-order valence-electron chi connectivity index (χ0n) is 12.6. The van der Waals surface area contributed by atoms with Crippen molar-refractivity contribution in [3.05, 3.63) is 59.8 Å². The fourth-order valence-corrected chi connectivity index (χ4v) is 3.06. The SMILES string of the molecule is CC(N)Cc1ccc(N2CCC(c3ccccc3)C2)nc1. The molecule has 1 fully saturated rings. The van der Waals surface area contributed by atoms with E-state index < -0.39 is 0 Å². The summed E-state index contributed by atoms with van der Waals surface area (Å²) in [7, 11) is 0. The number of nitrogens with two attached hydrogens (primary N) is 1. The average Bonchev–Trinajstić information content (AvgIpc) is 2.98. The molecule has 3 heteroatoms. The maximum absolute atomic E-state index is 5.83. The van der Waals surface area contributed by atoms with Crippen molar-refractivity contribution in [1.82, 2.24) is 4.98 Å². The molecule has 2 heterocycles. The molecule has 2 atom stereocenters. The summed E-state index contributed by atoms with van der Waals surface area (Å²) in [5.74, 6) is 1.71. The fraction of sp³-hybridized carbons (Fsp3) is 0.389. The standard InChI is InChI=1S/C18H23N3/c1-14(19)11-15-7-8-18(20-12-15)21-10-9-17(13-21)16-5-3-2-4-6-16/h2-8,12,14,17H,9-11,13,19H2,1H3. The molecule has 1 aromatic heterocycles. The van der Waals surface area contributed by atoms with Crippen molar-refractivity contribution in [2.24, 2.45) is 5.73 Å². The Morgan fingerprint density at radius 3 is 2.71 bits per heavy atom. The lowest BCUT2D eigenvalue weighted by Crippen LogP contribution is -2.21. The Hall–Kier alpha value is -1.87. The van der Waals surface area contributed by atoms with Gasteiger partial charge in [0.05, 0.1) is 0 Å². The highest BCUT2D eigenvalue weighted by atomic mass is 15.2. The van der Waals surface area contributed by atoms with Gasteiger partial charge < -0.3 is 10.6 Å². The number of rotatable bonds is 4. The first kappa shape index (κ1) is 14.1. The second-order valence-electron chi connectivity index (χ2n) is 6.05. The maximum Gasteiger partial charge on any atom is 0.128 e. The molecule has 1 saturated heterocycles. The average molecular weight is 281 g/mol. The van der Waals surface area contributed by atoms with Gasteiger partial charge in [0.25, 0.3) is 0 Å². The smallest absolute Gasteiger partial charge is 0.128 e. The molecular weight excluding hydrogens is 258 g/mol. The highest BCUT2D eigenvalue weighted by Gasteiger charge is 2.24. The van der Waals surface area contributed by atoms with Crippen molar-refractivity contribution in [3.63, 3.8) is 0 Å². The van der Waals surface area contributed by atoms with E-state index in [2.05, 4.69) is 52.3 Å². The Morgan fingerprint density at radius 2 is 2.05 bits per heavy atom. The lowest BCUT2D eigenvalue weighted by atomic mass is 9.99. The van der Waals surface area contributed by atoms with E-state index in [9.17, 15) is 0 Å². The molecule has 110 valence electrons. The quantitative estimate of drug-likeness (QED) is 0.937. The molecule has 1 aliphatic rings. The van der Waals surface area contributed by atoms with Crippen LogP contribution in [0.2, 0.25) is 0 Å². The topological polar surface area (TPSA) is 42.1 Å². The summed E-state index contributed by atoms with van der Waals surface area (Å²) in [5, 5.41) is 0. The summed E-state index contributed by atoms with van der Waals surface area (Å²) in [6.07, 6.45) is 4.06. The molecule has 2 aromatic rings. The summed E-state index contributed by atoms with van der Waals surface area (Å²) in [6, 6.07) is 15.3. The third-order valence-electron chi connectivity index (χ3n) is 4.15. The van der Waals surface area contributed by atoms with Gasteiger partial charge >= 0.3 is 0 Å². The van der Waals surface area contributed by atoms with Gasteiger partial charge in [-0.25, -0.2) is 4.98 Å². The van der Waals surface area contributed by atoms with Gasteiger partial charge in [-0.1, -0.05) is 36.4 Å². The number of hydrogen-bond donors (Lipinski definition) is 1. The van der Waals surface area contributed by atoms with Crippen LogP contribution in [-0.4, -0.2) is 24.1 Å². The van der Waals surface area contributed by atoms with Gasteiger partial charge in [-0.15, -0.1) is 0 Å². The highest BCUT2D eigenvalue weighted by Crippen LogP contribution is 2.29. The third kappa shape index (κ3) is 3.42. The van der Waals surface area contributed by atoms with Crippen molar-refractivity contribution < 1.29 is 0 Å². The van der Waals surface area contributed by atoms with Crippen molar-refractivity contribution >= 4 is 5.82 Å². The minimum absolute atomic E-state index is 0.187. The van der Waals surface area contributed by atoms with Crippen molar-refractivity contribution in [1.29, 1.82) is 0 Å². The van der Waals surface area contributed by atoms with Gasteiger partial charge in [-0.05, 0) is 37.0 Å². The maximum atomic E-state index is 5.83. The zero-order chi connectivity index (χ0) is 14.7. The van der Waals surface area contributed by atoms with E-state index in [1.54, 1.807) is 0 Å². The second kappa shape index (κ2) is 6.27. The zero-order valence-corrected chi connectivity index (χ0v) is 12.6. The summed E-state index contributed by atoms with van der Waals surface area (Å²) >= 11 is 0. The molecule has 21 heavy (non-hydrogen) atoms. The lowest BCUT2D eigenvalue weighted by molar-refractivity contribution is 0.735. The highest BCUT2D eigenvalue weighted by molar-refractivity contribution is 5.42. The minimum Gasteiger partial charge on any atom is -0.356 e. The van der Waals surface area contributed by atoms with E-state index in [0.29, 0.717) is 5.92 Å². The van der Waals surface area contributed by atoms with E-state index in [1.165, 1.54) is 17.5 Å². The predicted octanol–water partition coefficient (Wildman–Crippen LogP) is 2.97. The summed E-state index contributed by atoms with van der Waals surface area (Å²) in [4.78, 5) is 6.99. The number of benzene rings is 1. The number of nitrogens with zero attached hydrogens (tertiary/aromatic N) is 2. The first-order chi connectivity index (χ1) is 10.2. The Kier molecular flexibility index (Phi) is 4.20. The Balaban J connectivity index is 1.66. The Labute approximate surface area is 126 Å². The number of hydrogen-bond acceptors (Lipinski definition) is 3. The molecule has 0 aliphatic carbocycles. The van der Waals surface area contributed by atoms with Crippen LogP contribution in [0.5, 0.6) is 0 Å². The molecule has 1 aromatic carbocycles. The lowest BCUT2D eigenvalue weighted by Gasteiger charge is -2.18. The van der Waals surface area contributed by atoms with Crippen LogP contribution in [0.1, 0.15) is 30.4 Å². The molecule has 0 radical (unpaired) electrons. The van der Waals surface area contributed by atoms with Crippen LogP contribution >= 0.6 is 0 Å². The molecule has 2 unspecified atom stereocenters. The van der Waals surface area contributed by atoms with Crippen LogP contribution in [-0.2, 0) is 6.42 Å². The van der Waals surface area contributed by atoms with Crippen LogP contribution < -0.4 is 10.6 Å². The van der Waals surface area contributed by atoms with Crippen LogP contribution in [0.25, 0.3) is 0 Å². The summed E-state index contributed by atoms with van der Waals surface area (Å²) in [6.45, 7) is 4.17. The van der Waals surface area contributed by atoms with E-state index in [4.69, 9.17) is 5.73 Å². The van der Waals surface area contributed by atoms with Gasteiger partial charge in [0.2, 0.25) is 0 Å². The van der Waals surface area contributed by atoms with E-state index >= 15 is 0 Å². The van der Waals surface area contributed by atoms with Crippen molar-refractivity contribution in [3.8, 4) is 0 Å².